The summed E-state index contributed by atoms with van der Waals surface area (Å²) in [6.45, 7) is 4.15. The fourth-order valence-corrected chi connectivity index (χ4v) is 4.53. The minimum atomic E-state index is -0.157. The van der Waals surface area contributed by atoms with Crippen molar-refractivity contribution in [2.45, 2.75) is 6.92 Å². The van der Waals surface area contributed by atoms with Gasteiger partial charge in [0.1, 0.15) is 0 Å². The average Bonchev–Trinajstić information content (AvgIpc) is 3.10. The number of benzene rings is 2. The third-order valence-electron chi connectivity index (χ3n) is 4.61. The molecule has 2 amide bonds. The Morgan fingerprint density at radius 2 is 1.89 bits per heavy atom. The summed E-state index contributed by atoms with van der Waals surface area (Å²) in [5.41, 5.74) is 2.15. The van der Waals surface area contributed by atoms with Crippen LogP contribution in [0.4, 0.5) is 10.8 Å². The van der Waals surface area contributed by atoms with Gasteiger partial charge in [-0.05, 0) is 36.4 Å². The number of nitrogens with zero attached hydrogens (tertiary/aromatic N) is 3. The van der Waals surface area contributed by atoms with E-state index in [1.54, 1.807) is 35.6 Å². The van der Waals surface area contributed by atoms with Crippen LogP contribution in [0.5, 0.6) is 0 Å². The summed E-state index contributed by atoms with van der Waals surface area (Å²) in [5.74, 6) is -0.182. The predicted molar refractivity (Wildman–Crippen MR) is 113 cm³/mol. The van der Waals surface area contributed by atoms with Gasteiger partial charge < -0.3 is 15.1 Å². The number of carbonyl (C=O) groups excluding carboxylic acids is 2. The van der Waals surface area contributed by atoms with Gasteiger partial charge in [-0.2, -0.15) is 0 Å². The van der Waals surface area contributed by atoms with Crippen molar-refractivity contribution in [3.63, 3.8) is 0 Å². The van der Waals surface area contributed by atoms with E-state index in [-0.39, 0.29) is 11.8 Å². The van der Waals surface area contributed by atoms with E-state index < -0.39 is 0 Å². The molecule has 0 bridgehead atoms. The Morgan fingerprint density at radius 1 is 1.11 bits per heavy atom. The quantitative estimate of drug-likeness (QED) is 0.706. The Morgan fingerprint density at radius 3 is 2.64 bits per heavy atom. The lowest BCUT2D eigenvalue weighted by atomic mass is 10.1. The molecule has 6 nitrogen and oxygen atoms in total. The summed E-state index contributed by atoms with van der Waals surface area (Å²) >= 11 is 7.68. The zero-order valence-corrected chi connectivity index (χ0v) is 16.9. The third-order valence-corrected chi connectivity index (χ3v) is 5.92. The number of rotatable bonds is 3. The molecule has 4 rings (SSSR count). The second kappa shape index (κ2) is 7.77. The molecular formula is C20H19ClN4O2S. The van der Waals surface area contributed by atoms with Crippen molar-refractivity contribution in [3.8, 4) is 0 Å². The Kier molecular flexibility index (Phi) is 5.19. The molecule has 1 aliphatic rings. The lowest BCUT2D eigenvalue weighted by molar-refractivity contribution is -0.114. The van der Waals surface area contributed by atoms with Gasteiger partial charge in [0.15, 0.2) is 5.13 Å². The highest BCUT2D eigenvalue weighted by atomic mass is 35.5. The van der Waals surface area contributed by atoms with Crippen LogP contribution in [0, 0.1) is 0 Å². The maximum Gasteiger partial charge on any atom is 0.254 e. The molecule has 0 saturated carbocycles. The molecule has 0 atom stereocenters. The molecule has 1 aromatic heterocycles. The lowest BCUT2D eigenvalue weighted by Gasteiger charge is -2.34. The monoisotopic (exact) mass is 414 g/mol. The molecule has 28 heavy (non-hydrogen) atoms. The number of piperazine rings is 1. The van der Waals surface area contributed by atoms with Gasteiger partial charge in [0.2, 0.25) is 5.91 Å². The standard InChI is InChI=1S/C20H19ClN4O2S/c1-13(26)22-16-4-2-3-14(11-16)19(27)24-7-9-25(10-8-24)20-23-17-6-5-15(21)12-18(17)28-20/h2-6,11-12H,7-10H2,1H3,(H,22,26). The van der Waals surface area contributed by atoms with E-state index in [4.69, 9.17) is 11.6 Å². The number of nitrogens with one attached hydrogen (secondary N) is 1. The number of aromatic nitrogens is 1. The number of carbonyl (C=O) groups is 2. The van der Waals surface area contributed by atoms with Crippen LogP contribution in [0.25, 0.3) is 10.2 Å². The van der Waals surface area contributed by atoms with E-state index in [0.717, 1.165) is 28.4 Å². The second-order valence-electron chi connectivity index (χ2n) is 6.65. The number of fused-ring (bicyclic) bond motifs is 1. The maximum absolute atomic E-state index is 12.8. The second-order valence-corrected chi connectivity index (χ2v) is 8.10. The fourth-order valence-electron chi connectivity index (χ4n) is 3.24. The summed E-state index contributed by atoms with van der Waals surface area (Å²) in [7, 11) is 0. The van der Waals surface area contributed by atoms with Gasteiger partial charge in [0.25, 0.3) is 5.91 Å². The zero-order valence-electron chi connectivity index (χ0n) is 15.3. The van der Waals surface area contributed by atoms with Crippen molar-refractivity contribution in [3.05, 3.63) is 53.1 Å². The van der Waals surface area contributed by atoms with E-state index in [9.17, 15) is 9.59 Å². The smallest absolute Gasteiger partial charge is 0.254 e. The maximum atomic E-state index is 12.8. The molecule has 2 aromatic carbocycles. The number of hydrogen-bond donors (Lipinski definition) is 1. The molecular weight excluding hydrogens is 396 g/mol. The first-order chi connectivity index (χ1) is 13.5. The van der Waals surface area contributed by atoms with E-state index in [1.807, 2.05) is 23.1 Å². The summed E-state index contributed by atoms with van der Waals surface area (Å²) in [6, 6.07) is 12.7. The van der Waals surface area contributed by atoms with Gasteiger partial charge >= 0.3 is 0 Å². The van der Waals surface area contributed by atoms with Crippen LogP contribution in [0.15, 0.2) is 42.5 Å². The van der Waals surface area contributed by atoms with E-state index >= 15 is 0 Å². The number of anilines is 2. The highest BCUT2D eigenvalue weighted by Crippen LogP contribution is 2.31. The molecule has 2 heterocycles. The SMILES string of the molecule is CC(=O)Nc1cccc(C(=O)N2CCN(c3nc4ccc(Cl)cc4s3)CC2)c1. The molecule has 1 saturated heterocycles. The Hall–Kier alpha value is -2.64. The molecule has 0 unspecified atom stereocenters. The molecule has 1 aliphatic heterocycles. The van der Waals surface area contributed by atoms with Crippen LogP contribution >= 0.6 is 22.9 Å². The zero-order chi connectivity index (χ0) is 19.7. The Balaban J connectivity index is 1.43. The van der Waals surface area contributed by atoms with Crippen LogP contribution in [-0.4, -0.2) is 47.9 Å². The molecule has 144 valence electrons. The fraction of sp³-hybridized carbons (Fsp3) is 0.250. The van der Waals surface area contributed by atoms with Crippen LogP contribution < -0.4 is 10.2 Å². The van der Waals surface area contributed by atoms with Crippen molar-refractivity contribution in [2.75, 3.05) is 36.4 Å². The summed E-state index contributed by atoms with van der Waals surface area (Å²) in [6.07, 6.45) is 0. The van der Waals surface area contributed by atoms with Crippen molar-refractivity contribution in [2.24, 2.45) is 0 Å². The number of amides is 2. The topological polar surface area (TPSA) is 65.5 Å². The predicted octanol–water partition coefficient (Wildman–Crippen LogP) is 3.87. The van der Waals surface area contributed by atoms with E-state index in [2.05, 4.69) is 15.2 Å². The van der Waals surface area contributed by atoms with Crippen LogP contribution in [0.2, 0.25) is 5.02 Å². The normalized spacial score (nSPS) is 14.4. The molecule has 0 spiro atoms. The first-order valence-corrected chi connectivity index (χ1v) is 10.2. The lowest BCUT2D eigenvalue weighted by Crippen LogP contribution is -2.48. The van der Waals surface area contributed by atoms with E-state index in [1.165, 1.54) is 6.92 Å². The van der Waals surface area contributed by atoms with Crippen molar-refractivity contribution < 1.29 is 9.59 Å². The highest BCUT2D eigenvalue weighted by Gasteiger charge is 2.24. The third kappa shape index (κ3) is 3.95. The molecule has 1 fully saturated rings. The van der Waals surface area contributed by atoms with Gasteiger partial charge in [0, 0.05) is 49.4 Å². The molecule has 3 aromatic rings. The summed E-state index contributed by atoms with van der Waals surface area (Å²) < 4.78 is 1.07. The van der Waals surface area contributed by atoms with Crippen LogP contribution in [-0.2, 0) is 4.79 Å². The molecule has 1 N–H and O–H groups in total. The highest BCUT2D eigenvalue weighted by molar-refractivity contribution is 7.22. The number of hydrogen-bond acceptors (Lipinski definition) is 5. The average molecular weight is 415 g/mol. The first kappa shape index (κ1) is 18.7. The van der Waals surface area contributed by atoms with Crippen LogP contribution in [0.3, 0.4) is 0 Å². The summed E-state index contributed by atoms with van der Waals surface area (Å²) in [4.78, 5) is 32.8. The van der Waals surface area contributed by atoms with Crippen molar-refractivity contribution in [1.29, 1.82) is 0 Å². The van der Waals surface area contributed by atoms with Crippen LogP contribution in [0.1, 0.15) is 17.3 Å². The van der Waals surface area contributed by atoms with Gasteiger partial charge in [-0.1, -0.05) is 29.0 Å². The Bertz CT molecular complexity index is 1040. The van der Waals surface area contributed by atoms with Crippen molar-refractivity contribution in [1.82, 2.24) is 9.88 Å². The largest absolute Gasteiger partial charge is 0.345 e. The van der Waals surface area contributed by atoms with Gasteiger partial charge in [-0.15, -0.1) is 0 Å². The van der Waals surface area contributed by atoms with Gasteiger partial charge in [0.05, 0.1) is 10.2 Å². The van der Waals surface area contributed by atoms with Gasteiger partial charge in [-0.3, -0.25) is 9.59 Å². The molecule has 0 aliphatic carbocycles. The minimum absolute atomic E-state index is 0.0251. The molecule has 0 radical (unpaired) electrons. The van der Waals surface area contributed by atoms with E-state index in [0.29, 0.717) is 29.4 Å². The number of halogens is 1. The minimum Gasteiger partial charge on any atom is -0.345 e. The number of thiazole rings is 1. The molecule has 8 heteroatoms. The van der Waals surface area contributed by atoms with Crippen molar-refractivity contribution >= 4 is 55.8 Å². The first-order valence-electron chi connectivity index (χ1n) is 8.97. The van der Waals surface area contributed by atoms with Gasteiger partial charge in [-0.25, -0.2) is 4.98 Å². The summed E-state index contributed by atoms with van der Waals surface area (Å²) in [5, 5.41) is 4.38. The Labute approximate surface area is 171 Å².